The van der Waals surface area contributed by atoms with Crippen LogP contribution < -0.4 is 19.5 Å². The van der Waals surface area contributed by atoms with Crippen LogP contribution in [0.2, 0.25) is 0 Å². The van der Waals surface area contributed by atoms with Gasteiger partial charge in [0, 0.05) is 18.3 Å². The van der Waals surface area contributed by atoms with Crippen LogP contribution in [0.3, 0.4) is 0 Å². The third kappa shape index (κ3) is 7.32. The number of nitrogens with zero attached hydrogens (tertiary/aromatic N) is 1. The lowest BCUT2D eigenvalue weighted by molar-refractivity contribution is -0.274. The molecule has 0 heterocycles. The summed E-state index contributed by atoms with van der Waals surface area (Å²) in [6.45, 7) is -3.46. The van der Waals surface area contributed by atoms with Crippen molar-refractivity contribution >= 4 is 17.5 Å². The Morgan fingerprint density at radius 1 is 1.06 bits per heavy atom. The Balaban J connectivity index is 1.98. The third-order valence-electron chi connectivity index (χ3n) is 3.73. The van der Waals surface area contributed by atoms with Gasteiger partial charge in [0.1, 0.15) is 5.75 Å². The summed E-state index contributed by atoms with van der Waals surface area (Å²) in [6, 6.07) is 8.00. The second-order valence-electron chi connectivity index (χ2n) is 6.03. The Labute approximate surface area is 173 Å². The molecule has 2 rings (SSSR count). The van der Waals surface area contributed by atoms with Gasteiger partial charge in [-0.05, 0) is 42.5 Å². The summed E-state index contributed by atoms with van der Waals surface area (Å²) in [4.78, 5) is 25.7. The Morgan fingerprint density at radius 2 is 1.71 bits per heavy atom. The molecule has 2 aromatic rings. The summed E-state index contributed by atoms with van der Waals surface area (Å²) in [5, 5.41) is 2.42. The molecule has 31 heavy (non-hydrogen) atoms. The lowest BCUT2D eigenvalue weighted by Gasteiger charge is -2.18. The highest BCUT2D eigenvalue weighted by molar-refractivity contribution is 5.99. The van der Waals surface area contributed by atoms with Gasteiger partial charge in [-0.1, -0.05) is 0 Å². The van der Waals surface area contributed by atoms with Gasteiger partial charge < -0.3 is 24.4 Å². The molecule has 2 aromatic carbocycles. The number of hydrogen-bond donors (Lipinski definition) is 1. The molecule has 168 valence electrons. The van der Waals surface area contributed by atoms with Crippen molar-refractivity contribution in [1.29, 1.82) is 0 Å². The van der Waals surface area contributed by atoms with Crippen molar-refractivity contribution in [2.75, 3.05) is 26.0 Å². The molecular formula is C19H17F5N2O5. The highest BCUT2D eigenvalue weighted by Gasteiger charge is 2.31. The average molecular weight is 448 g/mol. The van der Waals surface area contributed by atoms with E-state index in [0.717, 1.165) is 23.1 Å². The number of nitrogens with one attached hydrogen (secondary N) is 1. The van der Waals surface area contributed by atoms with Crippen LogP contribution in [0.4, 0.5) is 27.6 Å². The van der Waals surface area contributed by atoms with Crippen LogP contribution in [0.15, 0.2) is 42.5 Å². The number of carbonyl (C=O) groups is 2. The van der Waals surface area contributed by atoms with E-state index >= 15 is 0 Å². The predicted molar refractivity (Wildman–Crippen MR) is 98.3 cm³/mol. The van der Waals surface area contributed by atoms with E-state index in [4.69, 9.17) is 4.74 Å². The molecule has 0 aromatic heterocycles. The van der Waals surface area contributed by atoms with Gasteiger partial charge in [0.2, 0.25) is 5.91 Å². The fourth-order valence-electron chi connectivity index (χ4n) is 2.44. The summed E-state index contributed by atoms with van der Waals surface area (Å²) in [6.07, 6.45) is -4.83. The monoisotopic (exact) mass is 448 g/mol. The summed E-state index contributed by atoms with van der Waals surface area (Å²) in [7, 11) is 2.54. The first-order valence-electron chi connectivity index (χ1n) is 8.52. The van der Waals surface area contributed by atoms with E-state index in [9.17, 15) is 31.5 Å². The van der Waals surface area contributed by atoms with Gasteiger partial charge in [0.15, 0.2) is 11.5 Å². The van der Waals surface area contributed by atoms with Gasteiger partial charge in [-0.2, -0.15) is 8.78 Å². The lowest BCUT2D eigenvalue weighted by atomic mass is 10.1. The molecule has 0 aliphatic rings. The summed E-state index contributed by atoms with van der Waals surface area (Å²) in [5.41, 5.74) is 0.248. The largest absolute Gasteiger partial charge is 0.573 e. The van der Waals surface area contributed by atoms with E-state index in [0.29, 0.717) is 0 Å². The topological polar surface area (TPSA) is 77.1 Å². The van der Waals surface area contributed by atoms with E-state index in [1.165, 1.54) is 38.4 Å². The Hall–Kier alpha value is -3.57. The van der Waals surface area contributed by atoms with Gasteiger partial charge in [-0.25, -0.2) is 0 Å². The van der Waals surface area contributed by atoms with Crippen molar-refractivity contribution in [2.24, 2.45) is 0 Å². The van der Waals surface area contributed by atoms with Crippen LogP contribution >= 0.6 is 0 Å². The molecule has 0 aliphatic heterocycles. The quantitative estimate of drug-likeness (QED) is 0.620. The summed E-state index contributed by atoms with van der Waals surface area (Å²) in [5.74, 6) is -2.03. The van der Waals surface area contributed by atoms with Crippen LogP contribution in [0.5, 0.6) is 17.2 Å². The summed E-state index contributed by atoms with van der Waals surface area (Å²) >= 11 is 0. The minimum absolute atomic E-state index is 0.0578. The molecule has 0 atom stereocenters. The number of benzene rings is 2. The molecule has 0 bridgehead atoms. The van der Waals surface area contributed by atoms with Crippen LogP contribution in [0, 0.1) is 0 Å². The number of carbonyl (C=O) groups excluding carboxylic acids is 2. The zero-order valence-corrected chi connectivity index (χ0v) is 16.2. The van der Waals surface area contributed by atoms with Gasteiger partial charge in [0.25, 0.3) is 5.91 Å². The molecule has 0 fully saturated rings. The number of ether oxygens (including phenoxy) is 3. The number of amides is 2. The van der Waals surface area contributed by atoms with Crippen molar-refractivity contribution in [3.8, 4) is 17.2 Å². The average Bonchev–Trinajstić information content (AvgIpc) is 2.67. The Morgan fingerprint density at radius 3 is 2.26 bits per heavy atom. The van der Waals surface area contributed by atoms with Crippen LogP contribution in [-0.2, 0) is 4.79 Å². The van der Waals surface area contributed by atoms with Crippen molar-refractivity contribution in [1.82, 2.24) is 4.90 Å². The van der Waals surface area contributed by atoms with E-state index in [1.54, 1.807) is 0 Å². The molecule has 0 saturated carbocycles. The highest BCUT2D eigenvalue weighted by Crippen LogP contribution is 2.30. The van der Waals surface area contributed by atoms with Crippen molar-refractivity contribution in [3.05, 3.63) is 48.0 Å². The molecule has 0 saturated heterocycles. The van der Waals surface area contributed by atoms with Crippen molar-refractivity contribution < 1.29 is 45.8 Å². The minimum atomic E-state index is -4.83. The lowest BCUT2D eigenvalue weighted by Crippen LogP contribution is -2.34. The smallest absolute Gasteiger partial charge is 0.493 e. The third-order valence-corrected chi connectivity index (χ3v) is 3.73. The van der Waals surface area contributed by atoms with Crippen LogP contribution in [-0.4, -0.2) is 50.4 Å². The molecule has 1 N–H and O–H groups in total. The van der Waals surface area contributed by atoms with E-state index in [1.807, 2.05) is 0 Å². The zero-order valence-electron chi connectivity index (χ0n) is 16.2. The summed E-state index contributed by atoms with van der Waals surface area (Å²) < 4.78 is 74.2. The van der Waals surface area contributed by atoms with Gasteiger partial charge in [-0.3, -0.25) is 9.59 Å². The fourth-order valence-corrected chi connectivity index (χ4v) is 2.44. The number of likely N-dealkylation sites (N-methyl/N-ethyl adjacent to an activating group) is 1. The van der Waals surface area contributed by atoms with Crippen molar-refractivity contribution in [3.63, 3.8) is 0 Å². The molecule has 7 nitrogen and oxygen atoms in total. The van der Waals surface area contributed by atoms with E-state index < -0.39 is 37.1 Å². The maximum absolute atomic E-state index is 12.5. The van der Waals surface area contributed by atoms with E-state index in [2.05, 4.69) is 14.8 Å². The maximum Gasteiger partial charge on any atom is 0.573 e. The SMILES string of the molecule is COc1cc(C(=O)N(C)CC(=O)Nc2ccc(OC(F)(F)F)cc2)ccc1OC(F)F. The first-order chi connectivity index (χ1) is 14.5. The second-order valence-corrected chi connectivity index (χ2v) is 6.03. The highest BCUT2D eigenvalue weighted by atomic mass is 19.4. The number of methoxy groups -OCH3 is 1. The first-order valence-corrected chi connectivity index (χ1v) is 8.52. The minimum Gasteiger partial charge on any atom is -0.493 e. The number of hydrogen-bond acceptors (Lipinski definition) is 5. The molecule has 0 unspecified atom stereocenters. The van der Waals surface area contributed by atoms with Gasteiger partial charge >= 0.3 is 13.0 Å². The number of rotatable bonds is 8. The standard InChI is InChI=1S/C19H17F5N2O5/c1-26(17(28)11-3-8-14(30-18(20)21)15(9-11)29-2)10-16(27)25-12-4-6-13(7-5-12)31-19(22,23)24/h3-9,18H,10H2,1-2H3,(H,25,27). The predicted octanol–water partition coefficient (Wildman–Crippen LogP) is 3.91. The van der Waals surface area contributed by atoms with Gasteiger partial charge in [0.05, 0.1) is 13.7 Å². The number of alkyl halides is 5. The fraction of sp³-hybridized carbons (Fsp3) is 0.263. The Bertz CT molecular complexity index is 919. The molecule has 0 aliphatic carbocycles. The van der Waals surface area contributed by atoms with E-state index in [-0.39, 0.29) is 22.7 Å². The zero-order chi connectivity index (χ0) is 23.2. The second kappa shape index (κ2) is 9.96. The molecular weight excluding hydrogens is 431 g/mol. The molecule has 12 heteroatoms. The molecule has 2 amide bonds. The Kier molecular flexibility index (Phi) is 7.61. The number of anilines is 1. The van der Waals surface area contributed by atoms with Crippen LogP contribution in [0.25, 0.3) is 0 Å². The molecule has 0 radical (unpaired) electrons. The number of halogens is 5. The first kappa shape index (κ1) is 23.7. The van der Waals surface area contributed by atoms with Gasteiger partial charge in [-0.15, -0.1) is 13.2 Å². The maximum atomic E-state index is 12.5. The normalized spacial score (nSPS) is 11.1. The molecule has 0 spiro atoms. The van der Waals surface area contributed by atoms with Crippen molar-refractivity contribution in [2.45, 2.75) is 13.0 Å². The van der Waals surface area contributed by atoms with Crippen LogP contribution in [0.1, 0.15) is 10.4 Å².